The van der Waals surface area contributed by atoms with Crippen LogP contribution in [0, 0.1) is 0 Å². The van der Waals surface area contributed by atoms with Crippen LogP contribution in [0.2, 0.25) is 5.02 Å². The van der Waals surface area contributed by atoms with Crippen molar-refractivity contribution in [2.75, 3.05) is 24.6 Å². The second kappa shape index (κ2) is 11.4. The zero-order chi connectivity index (χ0) is 26.5. The van der Waals surface area contributed by atoms with Gasteiger partial charge in [-0.25, -0.2) is 4.79 Å². The van der Waals surface area contributed by atoms with Gasteiger partial charge in [-0.1, -0.05) is 11.6 Å². The van der Waals surface area contributed by atoms with Gasteiger partial charge in [-0.05, 0) is 87.5 Å². The molecule has 0 atom stereocenters. The number of aromatic nitrogens is 1. The predicted molar refractivity (Wildman–Crippen MR) is 146 cm³/mol. The number of carboxylic acid groups (broad SMARTS) is 1. The predicted octanol–water partition coefficient (Wildman–Crippen LogP) is 6.73. The number of benzene rings is 3. The molecule has 0 amide bonds. The maximum absolute atomic E-state index is 12.5. The molecule has 4 rings (SSSR count). The van der Waals surface area contributed by atoms with Gasteiger partial charge in [0.1, 0.15) is 11.5 Å². The summed E-state index contributed by atoms with van der Waals surface area (Å²) in [5, 5.41) is 11.3. The van der Waals surface area contributed by atoms with Gasteiger partial charge >= 0.3 is 11.9 Å². The van der Waals surface area contributed by atoms with Gasteiger partial charge in [0.05, 0.1) is 24.1 Å². The number of halogens is 1. The molecule has 4 aromatic rings. The van der Waals surface area contributed by atoms with Crippen LogP contribution in [0.1, 0.15) is 36.8 Å². The number of aromatic carboxylic acids is 1. The fourth-order valence-corrected chi connectivity index (χ4v) is 4.60. The molecule has 0 fully saturated rings. The van der Waals surface area contributed by atoms with Gasteiger partial charge in [-0.15, -0.1) is 0 Å². The first-order chi connectivity index (χ1) is 17.9. The van der Waals surface area contributed by atoms with Crippen molar-refractivity contribution in [2.24, 2.45) is 0 Å². The normalized spacial score (nSPS) is 10.9. The summed E-state index contributed by atoms with van der Waals surface area (Å²) >= 11 is 5.97. The lowest BCUT2D eigenvalue weighted by atomic mass is 10.1. The Balaban J connectivity index is 1.87. The minimum atomic E-state index is -1.13. The molecule has 1 aromatic heterocycles. The number of carbonyl (C=O) groups is 2. The SMILES string of the molecule is CCOC(=O)Cc1c(C(=O)O)c2cc(Oc3ccc(Cl)cc3)ccc2n1-c1ccc(N(CC)CC)cc1. The topological polar surface area (TPSA) is 81.0 Å². The molecular weight excluding hydrogens is 492 g/mol. The van der Waals surface area contributed by atoms with Crippen LogP contribution in [0.4, 0.5) is 5.69 Å². The molecule has 0 spiro atoms. The van der Waals surface area contributed by atoms with Crippen LogP contribution in [-0.4, -0.2) is 41.3 Å². The fourth-order valence-electron chi connectivity index (χ4n) is 4.48. The first-order valence-electron chi connectivity index (χ1n) is 12.2. The number of esters is 1. The van der Waals surface area contributed by atoms with E-state index in [0.29, 0.717) is 33.1 Å². The van der Waals surface area contributed by atoms with Gasteiger partial charge < -0.3 is 24.0 Å². The lowest BCUT2D eigenvalue weighted by Gasteiger charge is -2.21. The molecule has 7 nitrogen and oxygen atoms in total. The van der Waals surface area contributed by atoms with Crippen LogP contribution in [-0.2, 0) is 16.0 Å². The Bertz CT molecular complexity index is 1410. The molecule has 0 aliphatic heterocycles. The lowest BCUT2D eigenvalue weighted by Crippen LogP contribution is -2.21. The molecule has 0 unspecified atom stereocenters. The zero-order valence-corrected chi connectivity index (χ0v) is 21.8. The molecule has 0 saturated carbocycles. The van der Waals surface area contributed by atoms with Crippen molar-refractivity contribution in [2.45, 2.75) is 27.2 Å². The Labute approximate surface area is 220 Å². The largest absolute Gasteiger partial charge is 0.478 e. The summed E-state index contributed by atoms with van der Waals surface area (Å²) in [5.74, 6) is -0.592. The van der Waals surface area contributed by atoms with Crippen LogP contribution >= 0.6 is 11.6 Å². The van der Waals surface area contributed by atoms with Crippen LogP contribution in [0.5, 0.6) is 11.5 Å². The van der Waals surface area contributed by atoms with E-state index in [0.717, 1.165) is 24.5 Å². The molecule has 8 heteroatoms. The summed E-state index contributed by atoms with van der Waals surface area (Å²) in [6.45, 7) is 7.86. The van der Waals surface area contributed by atoms with Crippen molar-refractivity contribution >= 4 is 40.1 Å². The second-order valence-corrected chi connectivity index (χ2v) is 8.80. The molecule has 192 valence electrons. The van der Waals surface area contributed by atoms with Crippen molar-refractivity contribution < 1.29 is 24.2 Å². The molecular formula is C29H29ClN2O5. The molecule has 0 saturated heterocycles. The third kappa shape index (κ3) is 5.57. The van der Waals surface area contributed by atoms with Gasteiger partial charge in [0, 0.05) is 40.6 Å². The number of hydrogen-bond acceptors (Lipinski definition) is 5. The van der Waals surface area contributed by atoms with Gasteiger partial charge in [-0.3, -0.25) is 4.79 Å². The van der Waals surface area contributed by atoms with E-state index in [1.807, 2.05) is 28.8 Å². The summed E-state index contributed by atoms with van der Waals surface area (Å²) in [7, 11) is 0. The highest BCUT2D eigenvalue weighted by Crippen LogP contribution is 2.35. The molecule has 3 aromatic carbocycles. The van der Waals surface area contributed by atoms with Gasteiger partial charge in [0.2, 0.25) is 0 Å². The minimum absolute atomic E-state index is 0.0393. The third-order valence-corrected chi connectivity index (χ3v) is 6.41. The van der Waals surface area contributed by atoms with Crippen LogP contribution in [0.15, 0.2) is 66.7 Å². The fraction of sp³-hybridized carbons (Fsp3) is 0.241. The maximum atomic E-state index is 12.5. The molecule has 0 aliphatic rings. The first-order valence-corrected chi connectivity index (χ1v) is 12.6. The molecule has 0 aliphatic carbocycles. The van der Waals surface area contributed by atoms with Crippen LogP contribution in [0.3, 0.4) is 0 Å². The van der Waals surface area contributed by atoms with E-state index in [9.17, 15) is 14.7 Å². The van der Waals surface area contributed by atoms with Crippen molar-refractivity contribution in [1.82, 2.24) is 4.57 Å². The molecule has 37 heavy (non-hydrogen) atoms. The van der Waals surface area contributed by atoms with E-state index in [-0.39, 0.29) is 18.6 Å². The third-order valence-electron chi connectivity index (χ3n) is 6.15. The maximum Gasteiger partial charge on any atom is 0.338 e. The van der Waals surface area contributed by atoms with Gasteiger partial charge in [-0.2, -0.15) is 0 Å². The van der Waals surface area contributed by atoms with Gasteiger partial charge in [0.15, 0.2) is 0 Å². The standard InChI is InChI=1S/C29H29ClN2O5/c1-4-31(5-2)20-9-11-21(12-10-20)32-25-16-15-23(37-22-13-7-19(30)8-14-22)17-24(25)28(29(34)35)26(32)18-27(33)36-6-3/h7-17H,4-6,18H2,1-3H3,(H,34,35). The van der Waals surface area contributed by atoms with Crippen molar-refractivity contribution in [3.05, 3.63) is 83.0 Å². The Morgan fingerprint density at radius 1 is 0.919 bits per heavy atom. The van der Waals surface area contributed by atoms with Crippen molar-refractivity contribution in [3.8, 4) is 17.2 Å². The first kappa shape index (κ1) is 26.1. The summed E-state index contributed by atoms with van der Waals surface area (Å²) in [5.41, 5.74) is 2.85. The molecule has 0 radical (unpaired) electrons. The summed E-state index contributed by atoms with van der Waals surface area (Å²) in [6.07, 6.45) is -0.185. The summed E-state index contributed by atoms with van der Waals surface area (Å²) in [6, 6.07) is 20.0. The summed E-state index contributed by atoms with van der Waals surface area (Å²) < 4.78 is 12.9. The second-order valence-electron chi connectivity index (χ2n) is 8.37. The Morgan fingerprint density at radius 3 is 2.16 bits per heavy atom. The number of carboxylic acids is 1. The Kier molecular flexibility index (Phi) is 8.04. The molecule has 1 N–H and O–H groups in total. The van der Waals surface area contributed by atoms with E-state index in [1.165, 1.54) is 0 Å². The average Bonchev–Trinajstić information content (AvgIpc) is 3.19. The minimum Gasteiger partial charge on any atom is -0.478 e. The molecule has 0 bridgehead atoms. The number of anilines is 1. The smallest absolute Gasteiger partial charge is 0.338 e. The summed E-state index contributed by atoms with van der Waals surface area (Å²) in [4.78, 5) is 27.3. The Hall–Kier alpha value is -3.97. The highest BCUT2D eigenvalue weighted by molar-refractivity contribution is 6.30. The lowest BCUT2D eigenvalue weighted by molar-refractivity contribution is -0.142. The highest BCUT2D eigenvalue weighted by atomic mass is 35.5. The van der Waals surface area contributed by atoms with Crippen LogP contribution < -0.4 is 9.64 Å². The average molecular weight is 521 g/mol. The quantitative estimate of drug-likeness (QED) is 0.234. The van der Waals surface area contributed by atoms with E-state index in [4.69, 9.17) is 21.1 Å². The highest BCUT2D eigenvalue weighted by Gasteiger charge is 2.26. The van der Waals surface area contributed by atoms with E-state index < -0.39 is 11.9 Å². The van der Waals surface area contributed by atoms with Crippen LogP contribution in [0.25, 0.3) is 16.6 Å². The number of fused-ring (bicyclic) bond motifs is 1. The van der Waals surface area contributed by atoms with Crippen molar-refractivity contribution in [3.63, 3.8) is 0 Å². The van der Waals surface area contributed by atoms with Crippen molar-refractivity contribution in [1.29, 1.82) is 0 Å². The number of rotatable bonds is 10. The zero-order valence-electron chi connectivity index (χ0n) is 21.0. The van der Waals surface area contributed by atoms with E-state index >= 15 is 0 Å². The number of ether oxygens (including phenoxy) is 2. The molecule has 1 heterocycles. The van der Waals surface area contributed by atoms with E-state index in [1.54, 1.807) is 49.4 Å². The van der Waals surface area contributed by atoms with E-state index in [2.05, 4.69) is 18.7 Å². The monoisotopic (exact) mass is 520 g/mol. The number of carbonyl (C=O) groups excluding carboxylic acids is 1. The Morgan fingerprint density at radius 2 is 1.57 bits per heavy atom. The van der Waals surface area contributed by atoms with Gasteiger partial charge in [0.25, 0.3) is 0 Å². The number of hydrogen-bond donors (Lipinski definition) is 1. The number of nitrogens with zero attached hydrogens (tertiary/aromatic N) is 2.